The lowest BCUT2D eigenvalue weighted by Crippen LogP contribution is -1.99. The molecule has 0 aromatic carbocycles. The summed E-state index contributed by atoms with van der Waals surface area (Å²) in [5.41, 5.74) is -0.150. The van der Waals surface area contributed by atoms with Crippen LogP contribution in [0.2, 0.25) is 0 Å². The molecule has 7 nitrogen and oxygen atoms in total. The highest BCUT2D eigenvalue weighted by Gasteiger charge is 2.23. The first-order valence-corrected chi connectivity index (χ1v) is 6.88. The first-order chi connectivity index (χ1) is 9.38. The zero-order valence-electron chi connectivity index (χ0n) is 11.3. The Hall–Kier alpha value is -1.93. The van der Waals surface area contributed by atoms with Crippen LogP contribution in [0.5, 0.6) is 10.8 Å². The van der Waals surface area contributed by atoms with Gasteiger partial charge in [-0.15, -0.1) is 0 Å². The number of aliphatic hydroxyl groups excluding tert-OH is 1. The molecule has 1 N–H and O–H groups in total. The second-order valence-corrected chi connectivity index (χ2v) is 5.65. The summed E-state index contributed by atoms with van der Waals surface area (Å²) in [5.74, 6) is 0.431. The van der Waals surface area contributed by atoms with Crippen LogP contribution in [0.1, 0.15) is 37.8 Å². The number of hydrogen-bond donors (Lipinski definition) is 1. The standard InChI is InChI=1S/C12H15N3O4S/c1-7(2)14-6-9(5-13-14)19-12-10(15(17)18)4-11(20-12)8(3)16/h4-8,16H,1-3H3/t8-/m0/s1. The predicted octanol–water partition coefficient (Wildman–Crippen LogP) is 3.28. The van der Waals surface area contributed by atoms with Crippen LogP contribution in [-0.4, -0.2) is 19.8 Å². The van der Waals surface area contributed by atoms with E-state index in [1.165, 1.54) is 12.3 Å². The molecular weight excluding hydrogens is 282 g/mol. The molecule has 0 aliphatic heterocycles. The normalized spacial score (nSPS) is 12.7. The van der Waals surface area contributed by atoms with Crippen molar-refractivity contribution < 1.29 is 14.8 Å². The molecule has 0 fully saturated rings. The summed E-state index contributed by atoms with van der Waals surface area (Å²) < 4.78 is 7.21. The third-order valence-corrected chi connectivity index (χ3v) is 3.80. The minimum atomic E-state index is -0.769. The van der Waals surface area contributed by atoms with Crippen LogP contribution in [-0.2, 0) is 0 Å². The fraction of sp³-hybridized carbons (Fsp3) is 0.417. The van der Waals surface area contributed by atoms with Gasteiger partial charge in [0.25, 0.3) is 5.06 Å². The Balaban J connectivity index is 2.29. The zero-order valence-corrected chi connectivity index (χ0v) is 12.1. The van der Waals surface area contributed by atoms with E-state index in [0.717, 1.165) is 11.3 Å². The van der Waals surface area contributed by atoms with Gasteiger partial charge in [-0.05, 0) is 20.8 Å². The quantitative estimate of drug-likeness (QED) is 0.675. The average Bonchev–Trinajstić information content (AvgIpc) is 2.96. The molecule has 2 aromatic heterocycles. The number of nitrogens with zero attached hydrogens (tertiary/aromatic N) is 3. The molecule has 0 saturated heterocycles. The summed E-state index contributed by atoms with van der Waals surface area (Å²) in [5, 5.41) is 24.7. The molecule has 0 unspecified atom stereocenters. The first kappa shape index (κ1) is 14.5. The molecule has 108 valence electrons. The summed E-state index contributed by atoms with van der Waals surface area (Å²) in [6.07, 6.45) is 2.41. The smallest absolute Gasteiger partial charge is 0.323 e. The third kappa shape index (κ3) is 2.97. The SMILES string of the molecule is CC(C)n1cc(Oc2sc([C@H](C)O)cc2[N+](=O)[O-])cn1. The van der Waals surface area contributed by atoms with Gasteiger partial charge in [0.2, 0.25) is 0 Å². The monoisotopic (exact) mass is 297 g/mol. The van der Waals surface area contributed by atoms with E-state index < -0.39 is 11.0 Å². The third-order valence-electron chi connectivity index (χ3n) is 2.62. The summed E-state index contributed by atoms with van der Waals surface area (Å²) in [6.45, 7) is 5.49. The number of thiophene rings is 1. The number of ether oxygens (including phenoxy) is 1. The van der Waals surface area contributed by atoms with Crippen LogP contribution >= 0.6 is 11.3 Å². The summed E-state index contributed by atoms with van der Waals surface area (Å²) in [7, 11) is 0. The van der Waals surface area contributed by atoms with Crippen molar-refractivity contribution in [1.82, 2.24) is 9.78 Å². The molecule has 0 aliphatic carbocycles. The van der Waals surface area contributed by atoms with Gasteiger partial charge in [-0.25, -0.2) is 0 Å². The second kappa shape index (κ2) is 5.59. The molecule has 0 saturated carbocycles. The Bertz CT molecular complexity index is 618. The lowest BCUT2D eigenvalue weighted by atomic mass is 10.3. The van der Waals surface area contributed by atoms with E-state index in [1.54, 1.807) is 17.8 Å². The van der Waals surface area contributed by atoms with Gasteiger partial charge >= 0.3 is 5.69 Å². The fourth-order valence-corrected chi connectivity index (χ4v) is 2.48. The van der Waals surface area contributed by atoms with E-state index in [2.05, 4.69) is 5.10 Å². The first-order valence-electron chi connectivity index (χ1n) is 6.06. The topological polar surface area (TPSA) is 90.4 Å². The van der Waals surface area contributed by atoms with E-state index in [1.807, 2.05) is 13.8 Å². The Morgan fingerprint density at radius 3 is 2.70 bits per heavy atom. The van der Waals surface area contributed by atoms with Crippen LogP contribution in [0.25, 0.3) is 0 Å². The fourth-order valence-electron chi connectivity index (χ4n) is 1.55. The molecule has 0 radical (unpaired) electrons. The van der Waals surface area contributed by atoms with Crippen molar-refractivity contribution in [2.24, 2.45) is 0 Å². The van der Waals surface area contributed by atoms with Gasteiger partial charge in [-0.2, -0.15) is 5.10 Å². The van der Waals surface area contributed by atoms with E-state index in [-0.39, 0.29) is 16.8 Å². The second-order valence-electron chi connectivity index (χ2n) is 4.61. The molecule has 0 bridgehead atoms. The summed E-state index contributed by atoms with van der Waals surface area (Å²) in [6, 6.07) is 1.51. The van der Waals surface area contributed by atoms with Gasteiger partial charge < -0.3 is 9.84 Å². The highest BCUT2D eigenvalue weighted by Crippen LogP contribution is 2.41. The van der Waals surface area contributed by atoms with Crippen molar-refractivity contribution in [3.8, 4) is 10.8 Å². The van der Waals surface area contributed by atoms with E-state index in [0.29, 0.717) is 10.6 Å². The van der Waals surface area contributed by atoms with Crippen molar-refractivity contribution >= 4 is 17.0 Å². The molecule has 0 amide bonds. The zero-order chi connectivity index (χ0) is 14.9. The number of nitro groups is 1. The molecule has 2 heterocycles. The number of aliphatic hydroxyl groups is 1. The van der Waals surface area contributed by atoms with Crippen LogP contribution in [0.3, 0.4) is 0 Å². The lowest BCUT2D eigenvalue weighted by molar-refractivity contribution is -0.385. The van der Waals surface area contributed by atoms with Crippen molar-refractivity contribution in [2.45, 2.75) is 32.9 Å². The van der Waals surface area contributed by atoms with Gasteiger partial charge in [0.05, 0.1) is 23.4 Å². The lowest BCUT2D eigenvalue weighted by Gasteiger charge is -2.03. The van der Waals surface area contributed by atoms with Crippen molar-refractivity contribution in [1.29, 1.82) is 0 Å². The maximum atomic E-state index is 11.0. The van der Waals surface area contributed by atoms with E-state index in [4.69, 9.17) is 4.74 Å². The molecule has 2 rings (SSSR count). The summed E-state index contributed by atoms with van der Waals surface area (Å²) >= 11 is 1.06. The Morgan fingerprint density at radius 1 is 1.50 bits per heavy atom. The molecule has 0 aliphatic rings. The molecule has 1 atom stereocenters. The Kier molecular flexibility index (Phi) is 4.05. The minimum Gasteiger partial charge on any atom is -0.437 e. The number of aromatic nitrogens is 2. The van der Waals surface area contributed by atoms with Crippen LogP contribution in [0.15, 0.2) is 18.5 Å². The molecular formula is C12H15N3O4S. The molecule has 8 heteroatoms. The van der Waals surface area contributed by atoms with Gasteiger partial charge in [-0.3, -0.25) is 14.8 Å². The van der Waals surface area contributed by atoms with Crippen molar-refractivity contribution in [2.75, 3.05) is 0 Å². The molecule has 0 spiro atoms. The van der Waals surface area contributed by atoms with E-state index >= 15 is 0 Å². The highest BCUT2D eigenvalue weighted by molar-refractivity contribution is 7.14. The maximum Gasteiger partial charge on any atom is 0.323 e. The van der Waals surface area contributed by atoms with Crippen LogP contribution in [0.4, 0.5) is 5.69 Å². The van der Waals surface area contributed by atoms with Gasteiger partial charge in [0.15, 0.2) is 5.75 Å². The van der Waals surface area contributed by atoms with Gasteiger partial charge in [0.1, 0.15) is 0 Å². The average molecular weight is 297 g/mol. The maximum absolute atomic E-state index is 11.0. The van der Waals surface area contributed by atoms with Gasteiger partial charge in [-0.1, -0.05) is 11.3 Å². The molecule has 2 aromatic rings. The van der Waals surface area contributed by atoms with Crippen LogP contribution in [0, 0.1) is 10.1 Å². The van der Waals surface area contributed by atoms with Crippen LogP contribution < -0.4 is 4.74 Å². The minimum absolute atomic E-state index is 0.147. The largest absolute Gasteiger partial charge is 0.437 e. The molecule has 20 heavy (non-hydrogen) atoms. The number of rotatable bonds is 5. The highest BCUT2D eigenvalue weighted by atomic mass is 32.1. The van der Waals surface area contributed by atoms with Crippen molar-refractivity contribution in [3.05, 3.63) is 33.5 Å². The van der Waals surface area contributed by atoms with Crippen molar-refractivity contribution in [3.63, 3.8) is 0 Å². The van der Waals surface area contributed by atoms with E-state index in [9.17, 15) is 15.2 Å². The number of hydrogen-bond acceptors (Lipinski definition) is 6. The Morgan fingerprint density at radius 2 is 2.20 bits per heavy atom. The predicted molar refractivity (Wildman–Crippen MR) is 74.3 cm³/mol. The summed E-state index contributed by atoms with van der Waals surface area (Å²) in [4.78, 5) is 11.0. The Labute approximate surface area is 119 Å². The van der Waals surface area contributed by atoms with Gasteiger partial charge in [0, 0.05) is 17.0 Å².